The minimum absolute atomic E-state index is 0.0499. The molecule has 2 atom stereocenters. The number of carbonyl (C=O) groups is 1. The zero-order chi connectivity index (χ0) is 11.1. The molecule has 2 unspecified atom stereocenters. The number of hydrogen-bond donors (Lipinski definition) is 3. The molecule has 0 bridgehead atoms. The van der Waals surface area contributed by atoms with Crippen LogP contribution in [-0.2, 0) is 9.53 Å². The van der Waals surface area contributed by atoms with Crippen LogP contribution in [0.1, 0.15) is 19.3 Å². The van der Waals surface area contributed by atoms with Gasteiger partial charge in [-0.25, -0.2) is 0 Å². The topological polar surface area (TPSA) is 70.6 Å². The molecule has 1 saturated carbocycles. The van der Waals surface area contributed by atoms with Crippen LogP contribution < -0.4 is 10.6 Å². The average molecular weight is 216 g/mol. The summed E-state index contributed by atoms with van der Waals surface area (Å²) in [7, 11) is 1.60. The van der Waals surface area contributed by atoms with Crippen molar-refractivity contribution < 1.29 is 14.6 Å². The number of rotatable bonds is 6. The van der Waals surface area contributed by atoms with E-state index in [4.69, 9.17) is 4.74 Å². The van der Waals surface area contributed by atoms with Crippen molar-refractivity contribution in [3.8, 4) is 0 Å². The van der Waals surface area contributed by atoms with E-state index in [2.05, 4.69) is 10.6 Å². The fraction of sp³-hybridized carbons (Fsp3) is 0.900. The molecule has 1 amide bonds. The molecule has 0 heterocycles. The Kier molecular flexibility index (Phi) is 5.60. The molecule has 0 saturated heterocycles. The van der Waals surface area contributed by atoms with Crippen LogP contribution in [0.25, 0.3) is 0 Å². The summed E-state index contributed by atoms with van der Waals surface area (Å²) in [4.78, 5) is 11.3. The minimum atomic E-state index is -0.295. The Balaban J connectivity index is 2.05. The Morgan fingerprint density at radius 1 is 1.53 bits per heavy atom. The molecule has 0 aliphatic heterocycles. The number of hydrogen-bond acceptors (Lipinski definition) is 4. The van der Waals surface area contributed by atoms with Crippen LogP contribution >= 0.6 is 0 Å². The Morgan fingerprint density at radius 3 is 2.93 bits per heavy atom. The summed E-state index contributed by atoms with van der Waals surface area (Å²) < 4.78 is 4.81. The number of ether oxygens (including phenoxy) is 1. The van der Waals surface area contributed by atoms with Gasteiger partial charge in [0.05, 0.1) is 19.3 Å². The third-order valence-corrected chi connectivity index (χ3v) is 2.63. The molecule has 1 fully saturated rings. The Morgan fingerprint density at radius 2 is 2.33 bits per heavy atom. The molecule has 5 nitrogen and oxygen atoms in total. The van der Waals surface area contributed by atoms with E-state index < -0.39 is 0 Å². The molecule has 0 spiro atoms. The monoisotopic (exact) mass is 216 g/mol. The van der Waals surface area contributed by atoms with Crippen molar-refractivity contribution in [1.82, 2.24) is 10.6 Å². The van der Waals surface area contributed by atoms with Crippen molar-refractivity contribution in [2.75, 3.05) is 26.8 Å². The maximum absolute atomic E-state index is 11.3. The standard InChI is InChI=1S/C10H20N2O3/c1-15-6-5-11-10(14)7-12-8-3-2-4-9(8)13/h8-9,12-13H,2-7H2,1H3,(H,11,14). The third kappa shape index (κ3) is 4.59. The van der Waals surface area contributed by atoms with Crippen LogP contribution in [0.5, 0.6) is 0 Å². The fourth-order valence-electron chi connectivity index (χ4n) is 1.76. The summed E-state index contributed by atoms with van der Waals surface area (Å²) in [6.45, 7) is 1.33. The second-order valence-electron chi connectivity index (χ2n) is 3.83. The van der Waals surface area contributed by atoms with Crippen LogP contribution in [0, 0.1) is 0 Å². The van der Waals surface area contributed by atoms with Gasteiger partial charge in [0.25, 0.3) is 0 Å². The molecule has 0 aromatic heterocycles. The molecule has 5 heteroatoms. The predicted molar refractivity (Wildman–Crippen MR) is 56.5 cm³/mol. The summed E-state index contributed by atoms with van der Waals surface area (Å²) in [5.74, 6) is -0.0499. The van der Waals surface area contributed by atoms with E-state index in [1.54, 1.807) is 7.11 Å². The van der Waals surface area contributed by atoms with Crippen LogP contribution in [0.2, 0.25) is 0 Å². The van der Waals surface area contributed by atoms with Gasteiger partial charge in [0.1, 0.15) is 0 Å². The molecule has 0 aromatic rings. The Labute approximate surface area is 90.2 Å². The lowest BCUT2D eigenvalue weighted by Crippen LogP contribution is -2.43. The number of aliphatic hydroxyl groups excluding tert-OH is 1. The first-order valence-electron chi connectivity index (χ1n) is 5.41. The van der Waals surface area contributed by atoms with E-state index in [9.17, 15) is 9.90 Å². The van der Waals surface area contributed by atoms with E-state index in [1.807, 2.05) is 0 Å². The number of carbonyl (C=O) groups excluding carboxylic acids is 1. The van der Waals surface area contributed by atoms with Crippen LogP contribution in [0.3, 0.4) is 0 Å². The lowest BCUT2D eigenvalue weighted by Gasteiger charge is -2.15. The van der Waals surface area contributed by atoms with Crippen molar-refractivity contribution in [2.45, 2.75) is 31.4 Å². The first-order chi connectivity index (χ1) is 7.24. The molecule has 1 aliphatic carbocycles. The second kappa shape index (κ2) is 6.76. The van der Waals surface area contributed by atoms with Gasteiger partial charge in [-0.3, -0.25) is 4.79 Å². The maximum atomic E-state index is 11.3. The smallest absolute Gasteiger partial charge is 0.234 e. The zero-order valence-electron chi connectivity index (χ0n) is 9.16. The SMILES string of the molecule is COCCNC(=O)CNC1CCCC1O. The second-order valence-corrected chi connectivity index (χ2v) is 3.83. The number of methoxy groups -OCH3 is 1. The highest BCUT2D eigenvalue weighted by Crippen LogP contribution is 2.18. The van der Waals surface area contributed by atoms with Gasteiger partial charge in [-0.05, 0) is 19.3 Å². The highest BCUT2D eigenvalue weighted by atomic mass is 16.5. The van der Waals surface area contributed by atoms with Gasteiger partial charge < -0.3 is 20.5 Å². The fourth-order valence-corrected chi connectivity index (χ4v) is 1.76. The van der Waals surface area contributed by atoms with Gasteiger partial charge in [-0.15, -0.1) is 0 Å². The summed E-state index contributed by atoms with van der Waals surface area (Å²) in [6, 6.07) is 0.0816. The highest BCUT2D eigenvalue weighted by Gasteiger charge is 2.24. The molecule has 0 aromatic carbocycles. The third-order valence-electron chi connectivity index (χ3n) is 2.63. The Bertz CT molecular complexity index is 199. The van der Waals surface area contributed by atoms with Crippen molar-refractivity contribution in [1.29, 1.82) is 0 Å². The minimum Gasteiger partial charge on any atom is -0.392 e. The van der Waals surface area contributed by atoms with Crippen LogP contribution in [-0.4, -0.2) is 50.0 Å². The number of aliphatic hydroxyl groups is 1. The normalized spacial score (nSPS) is 25.5. The van der Waals surface area contributed by atoms with E-state index in [-0.39, 0.29) is 24.6 Å². The van der Waals surface area contributed by atoms with E-state index in [1.165, 1.54) is 0 Å². The Hall–Kier alpha value is -0.650. The summed E-state index contributed by atoms with van der Waals surface area (Å²) >= 11 is 0. The van der Waals surface area contributed by atoms with Gasteiger partial charge in [0.2, 0.25) is 5.91 Å². The molecule has 0 radical (unpaired) electrons. The lowest BCUT2D eigenvalue weighted by molar-refractivity contribution is -0.120. The van der Waals surface area contributed by atoms with E-state index in [0.29, 0.717) is 13.2 Å². The van der Waals surface area contributed by atoms with Gasteiger partial charge in [0.15, 0.2) is 0 Å². The molecule has 88 valence electrons. The van der Waals surface area contributed by atoms with Crippen molar-refractivity contribution in [3.05, 3.63) is 0 Å². The molecule has 3 N–H and O–H groups in total. The van der Waals surface area contributed by atoms with Gasteiger partial charge in [-0.2, -0.15) is 0 Å². The van der Waals surface area contributed by atoms with E-state index >= 15 is 0 Å². The van der Waals surface area contributed by atoms with Gasteiger partial charge >= 0.3 is 0 Å². The molecular weight excluding hydrogens is 196 g/mol. The maximum Gasteiger partial charge on any atom is 0.234 e. The van der Waals surface area contributed by atoms with Crippen molar-refractivity contribution >= 4 is 5.91 Å². The summed E-state index contributed by atoms with van der Waals surface area (Å²) in [5.41, 5.74) is 0. The van der Waals surface area contributed by atoms with Crippen LogP contribution in [0.15, 0.2) is 0 Å². The highest BCUT2D eigenvalue weighted by molar-refractivity contribution is 5.77. The van der Waals surface area contributed by atoms with Crippen molar-refractivity contribution in [3.63, 3.8) is 0 Å². The number of amides is 1. The van der Waals surface area contributed by atoms with Gasteiger partial charge in [0, 0.05) is 19.7 Å². The molecule has 1 rings (SSSR count). The molecule has 15 heavy (non-hydrogen) atoms. The summed E-state index contributed by atoms with van der Waals surface area (Å²) in [5, 5.41) is 15.3. The first-order valence-corrected chi connectivity index (χ1v) is 5.41. The van der Waals surface area contributed by atoms with Crippen molar-refractivity contribution in [2.24, 2.45) is 0 Å². The molecule has 1 aliphatic rings. The van der Waals surface area contributed by atoms with Gasteiger partial charge in [-0.1, -0.05) is 0 Å². The largest absolute Gasteiger partial charge is 0.392 e. The quantitative estimate of drug-likeness (QED) is 0.511. The summed E-state index contributed by atoms with van der Waals surface area (Å²) in [6.07, 6.45) is 2.52. The first kappa shape index (κ1) is 12.4. The number of nitrogens with one attached hydrogen (secondary N) is 2. The lowest BCUT2D eigenvalue weighted by atomic mass is 10.2. The average Bonchev–Trinajstić information content (AvgIpc) is 2.61. The predicted octanol–water partition coefficient (Wildman–Crippen LogP) is -0.748. The zero-order valence-corrected chi connectivity index (χ0v) is 9.16. The molecular formula is C10H20N2O3. The van der Waals surface area contributed by atoms with Crippen LogP contribution in [0.4, 0.5) is 0 Å². The van der Waals surface area contributed by atoms with E-state index in [0.717, 1.165) is 19.3 Å².